The number of hydrogen-bond donors (Lipinski definition) is 1. The summed E-state index contributed by atoms with van der Waals surface area (Å²) in [6.45, 7) is 5.43. The summed E-state index contributed by atoms with van der Waals surface area (Å²) in [6, 6.07) is 9.41. The molecule has 1 N–H and O–H groups in total. The minimum atomic E-state index is -0.472. The van der Waals surface area contributed by atoms with Crippen LogP contribution in [0.4, 0.5) is 0 Å². The highest BCUT2D eigenvalue weighted by Gasteiger charge is 2.37. The van der Waals surface area contributed by atoms with Gasteiger partial charge >= 0.3 is 0 Å². The predicted octanol–water partition coefficient (Wildman–Crippen LogP) is 3.34. The van der Waals surface area contributed by atoms with Crippen LogP contribution in [0.1, 0.15) is 91.4 Å². The summed E-state index contributed by atoms with van der Waals surface area (Å²) in [5.74, 6) is 0.450. The van der Waals surface area contributed by atoms with Crippen LogP contribution < -0.4 is 5.32 Å². The van der Waals surface area contributed by atoms with E-state index in [9.17, 15) is 9.59 Å². The summed E-state index contributed by atoms with van der Waals surface area (Å²) in [4.78, 5) is 26.8. The maximum absolute atomic E-state index is 12.7. The lowest BCUT2D eigenvalue weighted by Gasteiger charge is -2.34. The molecule has 1 aliphatic heterocycles. The molecule has 2 amide bonds. The van der Waals surface area contributed by atoms with Crippen LogP contribution in [0, 0.1) is 0 Å². The maximum atomic E-state index is 12.7. The third-order valence-corrected chi connectivity index (χ3v) is 7.43. The second-order valence-electron chi connectivity index (χ2n) is 10.3. The number of amides is 2. The highest BCUT2D eigenvalue weighted by molar-refractivity contribution is 6.21. The third kappa shape index (κ3) is 4.82. The molecule has 1 fully saturated rings. The van der Waals surface area contributed by atoms with E-state index in [2.05, 4.69) is 39.8 Å². The van der Waals surface area contributed by atoms with Crippen LogP contribution >= 0.6 is 0 Å². The van der Waals surface area contributed by atoms with Gasteiger partial charge in [0.2, 0.25) is 0 Å². The topological polar surface area (TPSA) is 111 Å². The molecule has 0 bridgehead atoms. The molecule has 1 aromatic carbocycles. The van der Waals surface area contributed by atoms with E-state index < -0.39 is 5.54 Å². The van der Waals surface area contributed by atoms with Gasteiger partial charge in [-0.15, -0.1) is 5.10 Å². The molecule has 2 unspecified atom stereocenters. The molecule has 0 radical (unpaired) electrons. The average Bonchev–Trinajstić information content (AvgIpc) is 3.67. The van der Waals surface area contributed by atoms with Crippen molar-refractivity contribution in [2.75, 3.05) is 6.54 Å². The van der Waals surface area contributed by atoms with Crippen molar-refractivity contribution in [3.8, 4) is 0 Å². The van der Waals surface area contributed by atoms with Gasteiger partial charge in [-0.05, 0) is 74.6 Å². The molecule has 10 nitrogen and oxygen atoms in total. The molecule has 36 heavy (non-hydrogen) atoms. The predicted molar refractivity (Wildman–Crippen MR) is 133 cm³/mol. The summed E-state index contributed by atoms with van der Waals surface area (Å²) >= 11 is 0. The summed E-state index contributed by atoms with van der Waals surface area (Å²) in [5.41, 5.74) is 0.523. The van der Waals surface area contributed by atoms with Crippen LogP contribution in [0.2, 0.25) is 0 Å². The third-order valence-electron chi connectivity index (χ3n) is 7.43. The fourth-order valence-electron chi connectivity index (χ4n) is 5.67. The Morgan fingerprint density at radius 1 is 1.08 bits per heavy atom. The van der Waals surface area contributed by atoms with Gasteiger partial charge in [-0.1, -0.05) is 25.0 Å². The van der Waals surface area contributed by atoms with Gasteiger partial charge in [0, 0.05) is 25.0 Å². The zero-order chi connectivity index (χ0) is 25.1. The number of tetrazole rings is 1. The summed E-state index contributed by atoms with van der Waals surface area (Å²) in [6.07, 6.45) is 10.6. The maximum Gasteiger partial charge on any atom is 0.261 e. The van der Waals surface area contributed by atoms with Crippen LogP contribution in [0.5, 0.6) is 0 Å². The largest absolute Gasteiger partial charge is 0.301 e. The number of nitrogens with one attached hydrogen (secondary N) is 1. The molecule has 3 aromatic rings. The number of hydrogen-bond acceptors (Lipinski definition) is 7. The molecular formula is C26H34N8O2. The van der Waals surface area contributed by atoms with E-state index in [4.69, 9.17) is 0 Å². The number of unbranched alkanes of at least 4 members (excludes halogenated alkanes) is 1. The average molecular weight is 491 g/mol. The van der Waals surface area contributed by atoms with Gasteiger partial charge in [-0.2, -0.15) is 5.10 Å². The molecule has 10 heteroatoms. The Balaban J connectivity index is 1.27. The molecule has 5 rings (SSSR count). The van der Waals surface area contributed by atoms with Crippen molar-refractivity contribution in [1.29, 1.82) is 0 Å². The minimum Gasteiger partial charge on any atom is -0.301 e. The van der Waals surface area contributed by atoms with Gasteiger partial charge in [0.25, 0.3) is 11.8 Å². The first-order chi connectivity index (χ1) is 17.5. The molecular weight excluding hydrogens is 456 g/mol. The smallest absolute Gasteiger partial charge is 0.261 e. The second-order valence-corrected chi connectivity index (χ2v) is 10.3. The van der Waals surface area contributed by atoms with Gasteiger partial charge in [-0.25, -0.2) is 4.68 Å². The van der Waals surface area contributed by atoms with E-state index in [1.807, 2.05) is 21.6 Å². The fraction of sp³-hybridized carbons (Fsp3) is 0.538. The van der Waals surface area contributed by atoms with Crippen molar-refractivity contribution in [3.05, 3.63) is 59.7 Å². The fourth-order valence-corrected chi connectivity index (χ4v) is 5.67. The van der Waals surface area contributed by atoms with Crippen molar-refractivity contribution in [3.63, 3.8) is 0 Å². The van der Waals surface area contributed by atoms with E-state index in [1.54, 1.807) is 30.5 Å². The van der Waals surface area contributed by atoms with Crippen molar-refractivity contribution in [2.24, 2.45) is 0 Å². The Bertz CT molecular complexity index is 1170. The summed E-state index contributed by atoms with van der Waals surface area (Å²) in [7, 11) is 0. The number of benzene rings is 1. The van der Waals surface area contributed by atoms with Gasteiger partial charge in [-0.3, -0.25) is 19.2 Å². The summed E-state index contributed by atoms with van der Waals surface area (Å²) < 4.78 is 3.94. The Kier molecular flexibility index (Phi) is 6.95. The molecule has 0 spiro atoms. The number of carbonyl (C=O) groups is 2. The van der Waals surface area contributed by atoms with E-state index in [0.29, 0.717) is 30.1 Å². The number of nitrogens with zero attached hydrogens (tertiary/aromatic N) is 7. The Morgan fingerprint density at radius 2 is 1.81 bits per heavy atom. The zero-order valence-corrected chi connectivity index (χ0v) is 21.0. The van der Waals surface area contributed by atoms with E-state index in [0.717, 1.165) is 38.1 Å². The van der Waals surface area contributed by atoms with Gasteiger partial charge in [0.05, 0.1) is 29.3 Å². The highest BCUT2D eigenvalue weighted by atomic mass is 16.2. The van der Waals surface area contributed by atoms with Gasteiger partial charge < -0.3 is 5.32 Å². The monoisotopic (exact) mass is 490 g/mol. The van der Waals surface area contributed by atoms with Crippen LogP contribution in [0.25, 0.3) is 0 Å². The molecule has 1 saturated carbocycles. The molecule has 2 aromatic heterocycles. The highest BCUT2D eigenvalue weighted by Crippen LogP contribution is 2.34. The van der Waals surface area contributed by atoms with Gasteiger partial charge in [0.15, 0.2) is 5.82 Å². The van der Waals surface area contributed by atoms with Crippen LogP contribution in [0.3, 0.4) is 0 Å². The first kappa shape index (κ1) is 24.3. The molecule has 0 saturated heterocycles. The normalized spacial score (nSPS) is 18.6. The number of aromatic nitrogens is 6. The SMILES string of the molecule is CC(Cn1cccn1)NC(C)(CCCCN1C(=O)c2ccccc2C1=O)c1nnnn1C1CCCC1. The van der Waals surface area contributed by atoms with E-state index >= 15 is 0 Å². The number of carbonyl (C=O) groups excluding carboxylic acids is 2. The summed E-state index contributed by atoms with van der Waals surface area (Å²) in [5, 5.41) is 21.1. The van der Waals surface area contributed by atoms with Crippen molar-refractivity contribution >= 4 is 11.8 Å². The quantitative estimate of drug-likeness (QED) is 0.324. The second kappa shape index (κ2) is 10.3. The molecule has 1 aliphatic carbocycles. The minimum absolute atomic E-state index is 0.125. The van der Waals surface area contributed by atoms with Crippen LogP contribution in [-0.2, 0) is 12.1 Å². The lowest BCUT2D eigenvalue weighted by Crippen LogP contribution is -2.48. The molecule has 2 aliphatic rings. The van der Waals surface area contributed by atoms with E-state index in [-0.39, 0.29) is 17.9 Å². The van der Waals surface area contributed by atoms with Crippen LogP contribution in [-0.4, -0.2) is 59.3 Å². The molecule has 190 valence electrons. The molecule has 2 atom stereocenters. The van der Waals surface area contributed by atoms with Gasteiger partial charge in [0.1, 0.15) is 0 Å². The van der Waals surface area contributed by atoms with Crippen molar-refractivity contribution in [2.45, 2.75) is 83.0 Å². The first-order valence-corrected chi connectivity index (χ1v) is 12.9. The number of rotatable bonds is 11. The number of imide groups is 1. The number of fused-ring (bicyclic) bond motifs is 1. The Hall–Kier alpha value is -3.40. The Morgan fingerprint density at radius 3 is 2.47 bits per heavy atom. The van der Waals surface area contributed by atoms with E-state index in [1.165, 1.54) is 17.7 Å². The first-order valence-electron chi connectivity index (χ1n) is 12.9. The standard InChI is InChI=1S/C26H34N8O2/c1-19(18-32-16-9-15-27-32)28-26(2,25-29-30-31-34(25)20-10-3-4-11-20)14-7-8-17-33-23(35)21-12-5-6-13-22(21)24(33)36/h5-6,9,12-13,15-16,19-20,28H,3-4,7-8,10-11,14,17-18H2,1-2H3. The zero-order valence-electron chi connectivity index (χ0n) is 21.0. The lowest BCUT2D eigenvalue weighted by molar-refractivity contribution is 0.0650. The van der Waals surface area contributed by atoms with Crippen LogP contribution in [0.15, 0.2) is 42.7 Å². The van der Waals surface area contributed by atoms with Crippen molar-refractivity contribution < 1.29 is 9.59 Å². The van der Waals surface area contributed by atoms with Crippen molar-refractivity contribution in [1.82, 2.24) is 40.2 Å². The lowest BCUT2D eigenvalue weighted by atomic mass is 9.92. The molecule has 3 heterocycles. The Labute approximate surface area is 211 Å².